The van der Waals surface area contributed by atoms with Gasteiger partial charge in [0.25, 0.3) is 5.56 Å². The van der Waals surface area contributed by atoms with Gasteiger partial charge in [-0.2, -0.15) is 14.9 Å². The molecule has 0 fully saturated rings. The standard InChI is InChI=1S/C17H13F3N4O2/c1-9(2)13-14(10-4-3-5-12(6-10)26-17(18,19)20)23-15-11(7-21)8-22-24(15)16(13)25/h3-6,8-9,23H,1-2H3. The summed E-state index contributed by atoms with van der Waals surface area (Å²) in [6.45, 7) is 3.56. The number of nitrogens with one attached hydrogen (secondary N) is 1. The van der Waals surface area contributed by atoms with E-state index in [1.165, 1.54) is 24.4 Å². The third kappa shape index (κ3) is 3.13. The molecule has 3 rings (SSSR count). The Bertz CT molecular complexity index is 1070. The van der Waals surface area contributed by atoms with Crippen molar-refractivity contribution >= 4 is 5.65 Å². The van der Waals surface area contributed by atoms with E-state index < -0.39 is 17.7 Å². The van der Waals surface area contributed by atoms with Crippen molar-refractivity contribution in [3.05, 3.63) is 51.9 Å². The Morgan fingerprint density at radius 3 is 2.69 bits per heavy atom. The zero-order valence-corrected chi connectivity index (χ0v) is 13.8. The van der Waals surface area contributed by atoms with E-state index >= 15 is 0 Å². The summed E-state index contributed by atoms with van der Waals surface area (Å²) in [4.78, 5) is 15.7. The fourth-order valence-corrected chi connectivity index (χ4v) is 2.72. The Morgan fingerprint density at radius 1 is 1.35 bits per heavy atom. The highest BCUT2D eigenvalue weighted by Crippen LogP contribution is 2.30. The number of hydrogen-bond donors (Lipinski definition) is 1. The van der Waals surface area contributed by atoms with Crippen LogP contribution in [-0.2, 0) is 0 Å². The molecule has 0 aliphatic heterocycles. The van der Waals surface area contributed by atoms with Crippen molar-refractivity contribution in [2.24, 2.45) is 0 Å². The molecule has 0 saturated carbocycles. The zero-order chi connectivity index (χ0) is 19.1. The van der Waals surface area contributed by atoms with Crippen LogP contribution in [0.2, 0.25) is 0 Å². The van der Waals surface area contributed by atoms with Gasteiger partial charge in [-0.05, 0) is 18.1 Å². The lowest BCUT2D eigenvalue weighted by atomic mass is 9.98. The first-order chi connectivity index (χ1) is 12.2. The van der Waals surface area contributed by atoms with Gasteiger partial charge in [0.1, 0.15) is 17.4 Å². The molecule has 0 spiro atoms. The fraction of sp³-hybridized carbons (Fsp3) is 0.235. The minimum Gasteiger partial charge on any atom is -0.406 e. The molecule has 0 bridgehead atoms. The summed E-state index contributed by atoms with van der Waals surface area (Å²) in [5.41, 5.74) is 0.893. The lowest BCUT2D eigenvalue weighted by Gasteiger charge is -2.14. The van der Waals surface area contributed by atoms with Crippen molar-refractivity contribution < 1.29 is 17.9 Å². The summed E-state index contributed by atoms with van der Waals surface area (Å²) in [6, 6.07) is 7.22. The maximum Gasteiger partial charge on any atom is 0.573 e. The topological polar surface area (TPSA) is 83.2 Å². The molecule has 134 valence electrons. The molecule has 26 heavy (non-hydrogen) atoms. The molecule has 0 amide bonds. The average molecular weight is 362 g/mol. The fourth-order valence-electron chi connectivity index (χ4n) is 2.72. The number of nitrogens with zero attached hydrogens (tertiary/aromatic N) is 3. The van der Waals surface area contributed by atoms with Crippen LogP contribution in [-0.4, -0.2) is 21.0 Å². The highest BCUT2D eigenvalue weighted by Gasteiger charge is 2.31. The van der Waals surface area contributed by atoms with Gasteiger partial charge >= 0.3 is 6.36 Å². The van der Waals surface area contributed by atoms with Crippen molar-refractivity contribution in [3.8, 4) is 23.1 Å². The van der Waals surface area contributed by atoms with Crippen LogP contribution in [0.25, 0.3) is 16.9 Å². The van der Waals surface area contributed by atoms with Crippen LogP contribution in [0.3, 0.4) is 0 Å². The lowest BCUT2D eigenvalue weighted by molar-refractivity contribution is -0.274. The second-order valence-corrected chi connectivity index (χ2v) is 5.88. The van der Waals surface area contributed by atoms with Crippen LogP contribution in [0.5, 0.6) is 5.75 Å². The molecular formula is C17H13F3N4O2. The largest absolute Gasteiger partial charge is 0.573 e. The van der Waals surface area contributed by atoms with Crippen LogP contribution in [0.15, 0.2) is 35.3 Å². The number of benzene rings is 1. The number of aromatic nitrogens is 3. The molecule has 2 heterocycles. The summed E-state index contributed by atoms with van der Waals surface area (Å²) in [7, 11) is 0. The SMILES string of the molecule is CC(C)c1c(-c2cccc(OC(F)(F)F)c2)[nH]c2c(C#N)cnn2c1=O. The molecule has 0 aliphatic carbocycles. The number of alkyl halides is 3. The van der Waals surface area contributed by atoms with Gasteiger partial charge in [0.2, 0.25) is 0 Å². The van der Waals surface area contributed by atoms with Gasteiger partial charge in [0, 0.05) is 11.1 Å². The Balaban J connectivity index is 2.27. The summed E-state index contributed by atoms with van der Waals surface area (Å²) < 4.78 is 42.5. The van der Waals surface area contributed by atoms with Crippen LogP contribution < -0.4 is 10.3 Å². The molecule has 0 saturated heterocycles. The van der Waals surface area contributed by atoms with Crippen molar-refractivity contribution in [1.29, 1.82) is 5.26 Å². The van der Waals surface area contributed by atoms with E-state index in [9.17, 15) is 18.0 Å². The number of halogens is 3. The summed E-state index contributed by atoms with van der Waals surface area (Å²) in [5, 5.41) is 13.1. The van der Waals surface area contributed by atoms with E-state index in [1.54, 1.807) is 19.9 Å². The molecule has 0 aliphatic rings. The molecular weight excluding hydrogens is 349 g/mol. The Hall–Kier alpha value is -3.28. The van der Waals surface area contributed by atoms with E-state index in [4.69, 9.17) is 5.26 Å². The Morgan fingerprint density at radius 2 is 2.08 bits per heavy atom. The van der Waals surface area contributed by atoms with E-state index in [0.717, 1.165) is 4.52 Å². The van der Waals surface area contributed by atoms with Gasteiger partial charge in [-0.3, -0.25) is 4.79 Å². The smallest absolute Gasteiger partial charge is 0.406 e. The van der Waals surface area contributed by atoms with E-state index in [1.807, 2.05) is 6.07 Å². The number of hydrogen-bond acceptors (Lipinski definition) is 4. The first kappa shape index (κ1) is 17.5. The van der Waals surface area contributed by atoms with Gasteiger partial charge in [-0.1, -0.05) is 26.0 Å². The number of nitriles is 1. The van der Waals surface area contributed by atoms with Gasteiger partial charge in [0.05, 0.1) is 11.9 Å². The second kappa shape index (κ2) is 6.22. The van der Waals surface area contributed by atoms with Crippen molar-refractivity contribution in [2.75, 3.05) is 0 Å². The van der Waals surface area contributed by atoms with Gasteiger partial charge in [-0.15, -0.1) is 13.2 Å². The monoisotopic (exact) mass is 362 g/mol. The first-order valence-corrected chi connectivity index (χ1v) is 7.61. The predicted octanol–water partition coefficient (Wildman–Crippen LogP) is 3.58. The molecule has 6 nitrogen and oxygen atoms in total. The number of H-pyrrole nitrogens is 1. The minimum atomic E-state index is -4.82. The minimum absolute atomic E-state index is 0.154. The van der Waals surface area contributed by atoms with Gasteiger partial charge < -0.3 is 9.72 Å². The maximum absolute atomic E-state index is 12.8. The molecule has 2 aromatic heterocycles. The lowest BCUT2D eigenvalue weighted by Crippen LogP contribution is -2.22. The van der Waals surface area contributed by atoms with Crippen LogP contribution in [0.4, 0.5) is 13.2 Å². The molecule has 3 aromatic rings. The van der Waals surface area contributed by atoms with E-state index in [-0.39, 0.29) is 17.1 Å². The predicted molar refractivity (Wildman–Crippen MR) is 86.7 cm³/mol. The van der Waals surface area contributed by atoms with Gasteiger partial charge in [0.15, 0.2) is 5.65 Å². The highest BCUT2D eigenvalue weighted by molar-refractivity contribution is 5.69. The Labute approximate surface area is 145 Å². The molecule has 0 radical (unpaired) electrons. The molecule has 1 aromatic carbocycles. The van der Waals surface area contributed by atoms with Crippen LogP contribution in [0, 0.1) is 11.3 Å². The third-order valence-electron chi connectivity index (χ3n) is 3.76. The Kier molecular flexibility index (Phi) is 4.20. The van der Waals surface area contributed by atoms with Crippen molar-refractivity contribution in [3.63, 3.8) is 0 Å². The van der Waals surface area contributed by atoms with Gasteiger partial charge in [-0.25, -0.2) is 0 Å². The molecule has 0 unspecified atom stereocenters. The number of aromatic amines is 1. The molecule has 1 N–H and O–H groups in total. The third-order valence-corrected chi connectivity index (χ3v) is 3.76. The zero-order valence-electron chi connectivity index (χ0n) is 13.8. The number of ether oxygens (including phenoxy) is 1. The maximum atomic E-state index is 12.8. The molecule has 0 atom stereocenters. The van der Waals surface area contributed by atoms with Crippen LogP contribution >= 0.6 is 0 Å². The quantitative estimate of drug-likeness (QED) is 0.772. The number of fused-ring (bicyclic) bond motifs is 1. The van der Waals surface area contributed by atoms with Crippen LogP contribution in [0.1, 0.15) is 30.9 Å². The summed E-state index contributed by atoms with van der Waals surface area (Å²) in [6.07, 6.45) is -3.57. The summed E-state index contributed by atoms with van der Waals surface area (Å²) >= 11 is 0. The van der Waals surface area contributed by atoms with Crippen molar-refractivity contribution in [2.45, 2.75) is 26.1 Å². The van der Waals surface area contributed by atoms with Crippen molar-refractivity contribution in [1.82, 2.24) is 14.6 Å². The van der Waals surface area contributed by atoms with E-state index in [0.29, 0.717) is 16.8 Å². The first-order valence-electron chi connectivity index (χ1n) is 7.61. The summed E-state index contributed by atoms with van der Waals surface area (Å²) in [5.74, 6) is -0.639. The average Bonchev–Trinajstić information content (AvgIpc) is 2.96. The normalized spacial score (nSPS) is 11.7. The highest BCUT2D eigenvalue weighted by atomic mass is 19.4. The van der Waals surface area contributed by atoms with E-state index in [2.05, 4.69) is 14.8 Å². The molecule has 9 heteroatoms. The second-order valence-electron chi connectivity index (χ2n) is 5.88. The number of rotatable bonds is 3.